The monoisotopic (exact) mass is 351 g/mol. The van der Waals surface area contributed by atoms with Crippen LogP contribution in [-0.2, 0) is 0 Å². The van der Waals surface area contributed by atoms with E-state index in [1.807, 2.05) is 48.2 Å². The molecule has 1 amide bonds. The fourth-order valence-electron chi connectivity index (χ4n) is 3.53. The summed E-state index contributed by atoms with van der Waals surface area (Å²) in [5, 5.41) is 7.28. The molecular formula is C20H21N3O3. The number of nitrogens with zero attached hydrogens (tertiary/aromatic N) is 2. The summed E-state index contributed by atoms with van der Waals surface area (Å²) in [5.41, 5.74) is 3.14. The summed E-state index contributed by atoms with van der Waals surface area (Å²) in [5.74, 6) is 1.46. The van der Waals surface area contributed by atoms with Crippen LogP contribution in [0.2, 0.25) is 0 Å². The first-order valence-corrected chi connectivity index (χ1v) is 8.90. The van der Waals surface area contributed by atoms with E-state index in [2.05, 4.69) is 17.1 Å². The van der Waals surface area contributed by atoms with Crippen molar-refractivity contribution >= 4 is 5.91 Å². The Kier molecular flexibility index (Phi) is 4.24. The van der Waals surface area contributed by atoms with Crippen molar-refractivity contribution in [3.05, 3.63) is 59.5 Å². The second-order valence-electron chi connectivity index (χ2n) is 6.24. The molecule has 6 nitrogen and oxygen atoms in total. The molecule has 0 aliphatic carbocycles. The third kappa shape index (κ3) is 2.58. The van der Waals surface area contributed by atoms with Crippen LogP contribution in [0.3, 0.4) is 0 Å². The van der Waals surface area contributed by atoms with Gasteiger partial charge in [-0.15, -0.1) is 0 Å². The molecule has 1 unspecified atom stereocenters. The number of hydrogen-bond acceptors (Lipinski definition) is 4. The zero-order valence-electron chi connectivity index (χ0n) is 14.9. The van der Waals surface area contributed by atoms with Crippen molar-refractivity contribution < 1.29 is 13.9 Å². The maximum atomic E-state index is 12.9. The van der Waals surface area contributed by atoms with Gasteiger partial charge in [0.15, 0.2) is 11.5 Å². The number of fused-ring (bicyclic) bond motifs is 1. The highest BCUT2D eigenvalue weighted by atomic mass is 16.5. The molecule has 2 aromatic heterocycles. The lowest BCUT2D eigenvalue weighted by Gasteiger charge is -2.26. The number of nitrogens with one attached hydrogen (secondary N) is 1. The highest BCUT2D eigenvalue weighted by Crippen LogP contribution is 2.43. The molecule has 0 spiro atoms. The molecular weight excluding hydrogens is 330 g/mol. The number of rotatable bonds is 6. The summed E-state index contributed by atoms with van der Waals surface area (Å²) in [6, 6.07) is 11.4. The summed E-state index contributed by atoms with van der Waals surface area (Å²) in [6.07, 6.45) is 2.50. The van der Waals surface area contributed by atoms with E-state index in [1.165, 1.54) is 0 Å². The predicted octanol–water partition coefficient (Wildman–Crippen LogP) is 4.02. The highest BCUT2D eigenvalue weighted by Gasteiger charge is 2.42. The van der Waals surface area contributed by atoms with E-state index in [0.29, 0.717) is 24.6 Å². The molecule has 3 aromatic rings. The molecule has 1 N–H and O–H groups in total. The number of aromatic nitrogens is 2. The Hall–Kier alpha value is -3.02. The number of carbonyl (C=O) groups is 1. The van der Waals surface area contributed by atoms with E-state index in [-0.39, 0.29) is 11.9 Å². The van der Waals surface area contributed by atoms with Crippen LogP contribution in [0, 0.1) is 0 Å². The topological polar surface area (TPSA) is 71.4 Å². The van der Waals surface area contributed by atoms with Crippen LogP contribution in [0.15, 0.2) is 47.1 Å². The number of H-pyrrole nitrogens is 1. The van der Waals surface area contributed by atoms with Crippen molar-refractivity contribution in [1.82, 2.24) is 15.1 Å². The van der Waals surface area contributed by atoms with Crippen LogP contribution < -0.4 is 4.74 Å². The van der Waals surface area contributed by atoms with Gasteiger partial charge in [0.1, 0.15) is 11.4 Å². The van der Waals surface area contributed by atoms with Gasteiger partial charge in [-0.2, -0.15) is 5.10 Å². The summed E-state index contributed by atoms with van der Waals surface area (Å²) in [6.45, 7) is 5.32. The van der Waals surface area contributed by atoms with E-state index in [0.717, 1.165) is 29.0 Å². The number of benzene rings is 1. The summed E-state index contributed by atoms with van der Waals surface area (Å²) in [4.78, 5) is 14.8. The smallest absolute Gasteiger partial charge is 0.275 e. The van der Waals surface area contributed by atoms with E-state index < -0.39 is 0 Å². The molecule has 1 aliphatic rings. The largest absolute Gasteiger partial charge is 0.494 e. The Bertz CT molecular complexity index is 897. The van der Waals surface area contributed by atoms with Crippen molar-refractivity contribution in [3.63, 3.8) is 0 Å². The first-order chi connectivity index (χ1) is 12.7. The molecule has 0 radical (unpaired) electrons. The number of hydrogen-bond donors (Lipinski definition) is 1. The van der Waals surface area contributed by atoms with E-state index in [1.54, 1.807) is 6.26 Å². The third-order valence-corrected chi connectivity index (χ3v) is 4.59. The van der Waals surface area contributed by atoms with Gasteiger partial charge in [0.05, 0.1) is 18.9 Å². The first-order valence-electron chi connectivity index (χ1n) is 8.90. The Balaban J connectivity index is 1.81. The first kappa shape index (κ1) is 16.4. The van der Waals surface area contributed by atoms with Gasteiger partial charge >= 0.3 is 0 Å². The minimum absolute atomic E-state index is 0.0465. The Morgan fingerprint density at radius 3 is 2.69 bits per heavy atom. The van der Waals surface area contributed by atoms with Crippen molar-refractivity contribution in [2.75, 3.05) is 13.2 Å². The van der Waals surface area contributed by atoms with E-state index >= 15 is 0 Å². The van der Waals surface area contributed by atoms with Gasteiger partial charge in [0.2, 0.25) is 0 Å². The Labute approximate surface area is 151 Å². The minimum atomic E-state index is -0.188. The Morgan fingerprint density at radius 2 is 2.04 bits per heavy atom. The normalized spacial score (nSPS) is 16.2. The van der Waals surface area contributed by atoms with Gasteiger partial charge in [0, 0.05) is 12.1 Å². The van der Waals surface area contributed by atoms with Crippen molar-refractivity contribution in [2.24, 2.45) is 0 Å². The SMILES string of the molecule is CCCN1C(=O)c2n[nH]c(-c3ccco3)c2C1c1ccc(OCC)cc1. The molecule has 0 fully saturated rings. The summed E-state index contributed by atoms with van der Waals surface area (Å²) >= 11 is 0. The van der Waals surface area contributed by atoms with Gasteiger partial charge in [0.25, 0.3) is 5.91 Å². The van der Waals surface area contributed by atoms with Crippen LogP contribution >= 0.6 is 0 Å². The fraction of sp³-hybridized carbons (Fsp3) is 0.300. The molecule has 0 bridgehead atoms. The number of amides is 1. The van der Waals surface area contributed by atoms with E-state index in [4.69, 9.17) is 9.15 Å². The average Bonchev–Trinajstić information content (AvgIpc) is 3.36. The zero-order valence-corrected chi connectivity index (χ0v) is 14.9. The second-order valence-corrected chi connectivity index (χ2v) is 6.24. The molecule has 134 valence electrons. The molecule has 1 aromatic carbocycles. The van der Waals surface area contributed by atoms with Crippen LogP contribution in [-0.4, -0.2) is 34.2 Å². The fourth-order valence-corrected chi connectivity index (χ4v) is 3.53. The molecule has 0 saturated carbocycles. The number of aromatic amines is 1. The van der Waals surface area contributed by atoms with Crippen LogP contribution in [0.5, 0.6) is 5.75 Å². The second kappa shape index (κ2) is 6.71. The summed E-state index contributed by atoms with van der Waals surface area (Å²) in [7, 11) is 0. The predicted molar refractivity (Wildman–Crippen MR) is 97.1 cm³/mol. The van der Waals surface area contributed by atoms with E-state index in [9.17, 15) is 4.79 Å². The molecule has 26 heavy (non-hydrogen) atoms. The maximum absolute atomic E-state index is 12.9. The van der Waals surface area contributed by atoms with Crippen molar-refractivity contribution in [2.45, 2.75) is 26.3 Å². The quantitative estimate of drug-likeness (QED) is 0.728. The summed E-state index contributed by atoms with van der Waals surface area (Å²) < 4.78 is 11.1. The zero-order chi connectivity index (χ0) is 18.1. The molecule has 1 aliphatic heterocycles. The maximum Gasteiger partial charge on any atom is 0.275 e. The van der Waals surface area contributed by atoms with Crippen molar-refractivity contribution in [3.8, 4) is 17.2 Å². The molecule has 4 rings (SSSR count). The molecule has 1 atom stereocenters. The van der Waals surface area contributed by atoms with Gasteiger partial charge in [-0.3, -0.25) is 9.89 Å². The standard InChI is InChI=1S/C20H21N3O3/c1-3-11-23-19(13-7-9-14(10-8-13)25-4-2)16-17(15-6-5-12-26-15)21-22-18(16)20(23)24/h5-10,12,19H,3-4,11H2,1-2H3,(H,21,22). The lowest BCUT2D eigenvalue weighted by molar-refractivity contribution is 0.0744. The molecule has 6 heteroatoms. The van der Waals surface area contributed by atoms with Gasteiger partial charge < -0.3 is 14.1 Å². The van der Waals surface area contributed by atoms with Gasteiger partial charge in [-0.25, -0.2) is 0 Å². The minimum Gasteiger partial charge on any atom is -0.494 e. The average molecular weight is 351 g/mol. The van der Waals surface area contributed by atoms with Gasteiger partial charge in [-0.1, -0.05) is 19.1 Å². The van der Waals surface area contributed by atoms with Crippen LogP contribution in [0.1, 0.15) is 47.9 Å². The van der Waals surface area contributed by atoms with Gasteiger partial charge in [-0.05, 0) is 43.2 Å². The number of ether oxygens (including phenoxy) is 1. The van der Waals surface area contributed by atoms with Crippen LogP contribution in [0.4, 0.5) is 0 Å². The Morgan fingerprint density at radius 1 is 1.23 bits per heavy atom. The third-order valence-electron chi connectivity index (χ3n) is 4.59. The number of carbonyl (C=O) groups excluding carboxylic acids is 1. The van der Waals surface area contributed by atoms with Crippen LogP contribution in [0.25, 0.3) is 11.5 Å². The lowest BCUT2D eigenvalue weighted by Crippen LogP contribution is -2.30. The lowest BCUT2D eigenvalue weighted by atomic mass is 9.98. The number of furan rings is 1. The van der Waals surface area contributed by atoms with Crippen molar-refractivity contribution in [1.29, 1.82) is 0 Å². The molecule has 3 heterocycles. The highest BCUT2D eigenvalue weighted by molar-refractivity contribution is 5.99. The molecule has 0 saturated heterocycles.